The monoisotopic (exact) mass is 511 g/mol. The smallest absolute Gasteiger partial charge is 0.370 e. The Hall–Kier alpha value is -3.22. The van der Waals surface area contributed by atoms with Crippen LogP contribution in [0.5, 0.6) is 0 Å². The number of hydrogen-bond acceptors (Lipinski definition) is 10. The van der Waals surface area contributed by atoms with Crippen LogP contribution in [0, 0.1) is 0 Å². The summed E-state index contributed by atoms with van der Waals surface area (Å²) in [4.78, 5) is 40.3. The molecule has 1 aliphatic rings. The number of nitrogens with one attached hydrogen (secondary N) is 3. The summed E-state index contributed by atoms with van der Waals surface area (Å²) in [5.41, 5.74) is 13.1. The third-order valence-corrected chi connectivity index (χ3v) is 5.70. The summed E-state index contributed by atoms with van der Waals surface area (Å²) in [6, 6.07) is 4.72. The Morgan fingerprint density at radius 1 is 1.14 bits per heavy atom. The number of carbonyl (C=O) groups is 1. The lowest BCUT2D eigenvalue weighted by Gasteiger charge is -2.31. The van der Waals surface area contributed by atoms with Crippen molar-refractivity contribution in [3.63, 3.8) is 0 Å². The summed E-state index contributed by atoms with van der Waals surface area (Å²) in [5, 5.41) is 2.97. The van der Waals surface area contributed by atoms with Crippen LogP contribution in [0.4, 0.5) is 11.5 Å². The number of nitrogens with two attached hydrogens (primary N) is 1. The number of halogens is 1. The number of ether oxygens (including phenoxy) is 2. The molecular formula is C22H34ClN7O5. The Kier molecular flexibility index (Phi) is 9.99. The van der Waals surface area contributed by atoms with Gasteiger partial charge in [0.05, 0.1) is 25.4 Å². The first-order chi connectivity index (χ1) is 16.4. The molecular weight excluding hydrogens is 478 g/mol. The van der Waals surface area contributed by atoms with Gasteiger partial charge in [-0.25, -0.2) is 4.79 Å². The van der Waals surface area contributed by atoms with E-state index in [0.29, 0.717) is 43.2 Å². The van der Waals surface area contributed by atoms with Crippen molar-refractivity contribution in [2.24, 2.45) is 5.73 Å². The highest BCUT2D eigenvalue weighted by Crippen LogP contribution is 2.31. The topological polar surface area (TPSA) is 145 Å². The van der Waals surface area contributed by atoms with Crippen LogP contribution >= 0.6 is 12.4 Å². The molecule has 2 heterocycles. The minimum Gasteiger partial charge on any atom is -0.465 e. The van der Waals surface area contributed by atoms with Gasteiger partial charge in [0.2, 0.25) is 0 Å². The lowest BCUT2D eigenvalue weighted by atomic mass is 9.98. The van der Waals surface area contributed by atoms with Gasteiger partial charge in [-0.3, -0.25) is 9.59 Å². The zero-order chi connectivity index (χ0) is 24.8. The molecule has 1 fully saturated rings. The molecule has 194 valence electrons. The Labute approximate surface area is 209 Å². The Bertz CT molecular complexity index is 1140. The molecule has 0 saturated carbocycles. The normalized spacial score (nSPS) is 14.0. The summed E-state index contributed by atoms with van der Waals surface area (Å²) < 4.78 is 12.8. The van der Waals surface area contributed by atoms with Crippen molar-refractivity contribution in [2.45, 2.75) is 19.4 Å². The summed E-state index contributed by atoms with van der Waals surface area (Å²) in [7, 11) is 4.74. The van der Waals surface area contributed by atoms with Crippen LogP contribution in [0.3, 0.4) is 0 Å². The fraction of sp³-hybridized carbons (Fsp3) is 0.500. The van der Waals surface area contributed by atoms with Gasteiger partial charge in [0.1, 0.15) is 11.9 Å². The van der Waals surface area contributed by atoms with Gasteiger partial charge in [0.25, 0.3) is 5.56 Å². The van der Waals surface area contributed by atoms with Crippen molar-refractivity contribution >= 4 is 29.9 Å². The van der Waals surface area contributed by atoms with Crippen LogP contribution in [0.25, 0.3) is 11.1 Å². The minimum atomic E-state index is -0.814. The standard InChI is InChI=1S/C22H33N7O5.ClH/c1-5-34-21(31)16(23)12-14-6-7-15(13-17(14)27-8-10-33-11-9-27)18-19(24-2)28(25-3)22(32)29(26-4)20(18)30;/h6-7,13,16,24-26H,5,8-12,23H2,1-4H3;1H/t16-;/m0./s1. The molecule has 5 N–H and O–H groups in total. The number of esters is 1. The lowest BCUT2D eigenvalue weighted by Crippen LogP contribution is -2.47. The molecule has 0 bridgehead atoms. The number of nitrogens with zero attached hydrogens (tertiary/aromatic N) is 3. The van der Waals surface area contributed by atoms with E-state index in [2.05, 4.69) is 21.1 Å². The van der Waals surface area contributed by atoms with E-state index in [4.69, 9.17) is 15.2 Å². The highest BCUT2D eigenvalue weighted by Gasteiger charge is 2.24. The van der Waals surface area contributed by atoms with Crippen molar-refractivity contribution in [1.82, 2.24) is 9.35 Å². The number of aromatic nitrogens is 2. The predicted octanol–water partition coefficient (Wildman–Crippen LogP) is -0.243. The number of rotatable bonds is 9. The van der Waals surface area contributed by atoms with Crippen molar-refractivity contribution in [3.05, 3.63) is 44.6 Å². The van der Waals surface area contributed by atoms with E-state index >= 15 is 0 Å². The molecule has 0 aliphatic carbocycles. The first-order valence-electron chi connectivity index (χ1n) is 11.2. The van der Waals surface area contributed by atoms with Crippen molar-refractivity contribution < 1.29 is 14.3 Å². The molecule has 2 aromatic rings. The number of carbonyl (C=O) groups excluding carboxylic acids is 1. The van der Waals surface area contributed by atoms with Crippen LogP contribution in [0.2, 0.25) is 0 Å². The second kappa shape index (κ2) is 12.5. The van der Waals surface area contributed by atoms with E-state index in [0.717, 1.165) is 15.9 Å². The quantitative estimate of drug-likeness (QED) is 0.333. The largest absolute Gasteiger partial charge is 0.465 e. The molecule has 12 nitrogen and oxygen atoms in total. The summed E-state index contributed by atoms with van der Waals surface area (Å²) >= 11 is 0. The van der Waals surface area contributed by atoms with E-state index in [1.165, 1.54) is 11.7 Å². The van der Waals surface area contributed by atoms with E-state index in [-0.39, 0.29) is 25.4 Å². The Balaban J connectivity index is 0.00000432. The Morgan fingerprint density at radius 2 is 1.80 bits per heavy atom. The highest BCUT2D eigenvalue weighted by atomic mass is 35.5. The zero-order valence-electron chi connectivity index (χ0n) is 20.4. The van der Waals surface area contributed by atoms with Crippen molar-refractivity contribution in [2.75, 3.05) is 75.1 Å². The van der Waals surface area contributed by atoms with Crippen LogP contribution in [-0.2, 0) is 20.7 Å². The van der Waals surface area contributed by atoms with Gasteiger partial charge in [-0.2, -0.15) is 9.35 Å². The van der Waals surface area contributed by atoms with Gasteiger partial charge in [0.15, 0.2) is 0 Å². The maximum absolute atomic E-state index is 13.3. The first kappa shape index (κ1) is 28.0. The average Bonchev–Trinajstić information content (AvgIpc) is 2.85. The summed E-state index contributed by atoms with van der Waals surface area (Å²) in [6.45, 7) is 4.43. The molecule has 13 heteroatoms. The molecule has 0 unspecified atom stereocenters. The number of morpholine rings is 1. The molecule has 3 rings (SSSR count). The molecule has 1 aromatic heterocycles. The molecule has 1 aromatic carbocycles. The van der Waals surface area contributed by atoms with E-state index in [1.807, 2.05) is 12.1 Å². The zero-order valence-corrected chi connectivity index (χ0v) is 21.2. The van der Waals surface area contributed by atoms with Gasteiger partial charge in [-0.05, 0) is 24.1 Å². The third kappa shape index (κ3) is 5.72. The molecule has 1 atom stereocenters. The van der Waals surface area contributed by atoms with Crippen LogP contribution in [0.1, 0.15) is 12.5 Å². The first-order valence-corrected chi connectivity index (χ1v) is 11.2. The molecule has 0 radical (unpaired) electrons. The molecule has 1 aliphatic heterocycles. The van der Waals surface area contributed by atoms with E-state index in [1.54, 1.807) is 27.1 Å². The number of hydrogen-bond donors (Lipinski definition) is 4. The fourth-order valence-electron chi connectivity index (χ4n) is 4.07. The third-order valence-electron chi connectivity index (χ3n) is 5.70. The van der Waals surface area contributed by atoms with Crippen LogP contribution < -0.4 is 38.1 Å². The number of benzene rings is 1. The van der Waals surface area contributed by atoms with Crippen molar-refractivity contribution in [3.8, 4) is 11.1 Å². The summed E-state index contributed by atoms with van der Waals surface area (Å²) in [6.07, 6.45) is 0.279. The van der Waals surface area contributed by atoms with Gasteiger partial charge in [-0.15, -0.1) is 12.4 Å². The molecule has 0 amide bonds. The maximum Gasteiger partial charge on any atom is 0.370 e. The van der Waals surface area contributed by atoms with Gasteiger partial charge in [0, 0.05) is 46.3 Å². The second-order valence-electron chi connectivity index (χ2n) is 7.68. The average molecular weight is 512 g/mol. The van der Waals surface area contributed by atoms with Gasteiger partial charge < -0.3 is 36.3 Å². The maximum atomic E-state index is 13.3. The predicted molar refractivity (Wildman–Crippen MR) is 139 cm³/mol. The molecule has 1 saturated heterocycles. The lowest BCUT2D eigenvalue weighted by molar-refractivity contribution is -0.144. The van der Waals surface area contributed by atoms with Gasteiger partial charge in [-0.1, -0.05) is 12.1 Å². The van der Waals surface area contributed by atoms with Crippen LogP contribution in [-0.4, -0.2) is 75.4 Å². The highest BCUT2D eigenvalue weighted by molar-refractivity contribution is 5.85. The SMILES string of the molecule is CCOC(=O)[C@@H](N)Cc1ccc(-c2c(NC)n(NC)c(=O)n(NC)c2=O)cc1N1CCOCC1.Cl. The minimum absolute atomic E-state index is 0. The second-order valence-corrected chi connectivity index (χ2v) is 7.68. The number of anilines is 2. The molecule has 0 spiro atoms. The molecule has 35 heavy (non-hydrogen) atoms. The Morgan fingerprint density at radius 3 is 2.37 bits per heavy atom. The van der Waals surface area contributed by atoms with E-state index < -0.39 is 23.3 Å². The van der Waals surface area contributed by atoms with Gasteiger partial charge >= 0.3 is 11.7 Å². The van der Waals surface area contributed by atoms with E-state index in [9.17, 15) is 14.4 Å². The summed E-state index contributed by atoms with van der Waals surface area (Å²) in [5.74, 6) is -0.136. The van der Waals surface area contributed by atoms with Crippen LogP contribution in [0.15, 0.2) is 27.8 Å². The fourth-order valence-corrected chi connectivity index (χ4v) is 4.07. The van der Waals surface area contributed by atoms with Crippen molar-refractivity contribution in [1.29, 1.82) is 0 Å².